The summed E-state index contributed by atoms with van der Waals surface area (Å²) in [4.78, 5) is 6.55. The van der Waals surface area contributed by atoms with Crippen molar-refractivity contribution in [2.75, 3.05) is 47.4 Å². The zero-order chi connectivity index (χ0) is 18.2. The zero-order valence-corrected chi connectivity index (χ0v) is 17.0. The topological polar surface area (TPSA) is 48.9 Å². The molecule has 0 amide bonds. The molecule has 1 atom stereocenters. The van der Waals surface area contributed by atoms with Gasteiger partial charge in [-0.15, -0.1) is 0 Å². The maximum absolute atomic E-state index is 5.78. The molecule has 0 saturated heterocycles. The van der Waals surface area contributed by atoms with Gasteiger partial charge >= 0.3 is 0 Å². The highest BCUT2D eigenvalue weighted by molar-refractivity contribution is 5.79. The molecule has 0 aliphatic heterocycles. The molecule has 144 valence electrons. The molecule has 0 fully saturated rings. The van der Waals surface area contributed by atoms with Crippen LogP contribution >= 0.6 is 0 Å². The minimum Gasteiger partial charge on any atom is -0.378 e. The second-order valence-corrected chi connectivity index (χ2v) is 7.02. The maximum atomic E-state index is 5.78. The minimum absolute atomic E-state index is 0.322. The van der Waals surface area contributed by atoms with Gasteiger partial charge in [0.25, 0.3) is 0 Å². The van der Waals surface area contributed by atoms with E-state index in [1.807, 2.05) is 7.05 Å². The lowest BCUT2D eigenvalue weighted by Crippen LogP contribution is -2.39. The van der Waals surface area contributed by atoms with E-state index in [0.717, 1.165) is 32.1 Å². The Balaban J connectivity index is 3.66. The second-order valence-electron chi connectivity index (χ2n) is 7.02. The van der Waals surface area contributed by atoms with Crippen LogP contribution in [0.1, 0.15) is 59.3 Å². The predicted octanol–water partition coefficient (Wildman–Crippen LogP) is 3.11. The van der Waals surface area contributed by atoms with E-state index in [4.69, 9.17) is 4.74 Å². The molecule has 24 heavy (non-hydrogen) atoms. The number of nitrogens with zero attached hydrogens (tertiary/aromatic N) is 2. The highest BCUT2D eigenvalue weighted by Crippen LogP contribution is 2.09. The number of rotatable bonds is 14. The van der Waals surface area contributed by atoms with Gasteiger partial charge in [0, 0.05) is 26.7 Å². The summed E-state index contributed by atoms with van der Waals surface area (Å²) in [7, 11) is 6.11. The third-order valence-corrected chi connectivity index (χ3v) is 4.14. The van der Waals surface area contributed by atoms with Crippen LogP contribution in [0.25, 0.3) is 0 Å². The Kier molecular flexibility index (Phi) is 15.2. The molecule has 2 N–H and O–H groups in total. The van der Waals surface area contributed by atoms with Crippen molar-refractivity contribution >= 4 is 5.96 Å². The highest BCUT2D eigenvalue weighted by Gasteiger charge is 2.12. The fraction of sp³-hybridized carbons (Fsp3) is 0.947. The van der Waals surface area contributed by atoms with E-state index in [-0.39, 0.29) is 0 Å². The Morgan fingerprint density at radius 3 is 2.21 bits per heavy atom. The molecule has 0 spiro atoms. The molecular weight excluding hydrogens is 300 g/mol. The predicted molar refractivity (Wildman–Crippen MR) is 106 cm³/mol. The summed E-state index contributed by atoms with van der Waals surface area (Å²) in [6.07, 6.45) is 7.79. The summed E-state index contributed by atoms with van der Waals surface area (Å²) in [5, 5.41) is 6.79. The first-order valence-electron chi connectivity index (χ1n) is 9.72. The van der Waals surface area contributed by atoms with Crippen molar-refractivity contribution in [1.82, 2.24) is 15.5 Å². The number of aliphatic imine (C=N–C) groups is 1. The van der Waals surface area contributed by atoms with Crippen LogP contribution in [0, 0.1) is 5.92 Å². The van der Waals surface area contributed by atoms with Crippen molar-refractivity contribution < 1.29 is 4.74 Å². The summed E-state index contributed by atoms with van der Waals surface area (Å²) in [6.45, 7) is 10.4. The third kappa shape index (κ3) is 13.6. The normalized spacial score (nSPS) is 13.6. The standard InChI is InChI=1S/C19H42N4O/c1-7-24-18(17(2)3)13-15-22-19(20-4)21-14-11-9-8-10-12-16-23(5)6/h17-18H,7-16H2,1-6H3,(H2,20,21,22). The third-order valence-electron chi connectivity index (χ3n) is 4.14. The van der Waals surface area contributed by atoms with E-state index in [9.17, 15) is 0 Å². The summed E-state index contributed by atoms with van der Waals surface area (Å²) in [5.74, 6) is 1.45. The maximum Gasteiger partial charge on any atom is 0.190 e. The van der Waals surface area contributed by atoms with E-state index in [2.05, 4.69) is 55.4 Å². The SMILES string of the molecule is CCOC(CCNC(=NC)NCCCCCCCN(C)C)C(C)C. The molecule has 0 radical (unpaired) electrons. The van der Waals surface area contributed by atoms with Crippen molar-refractivity contribution in [1.29, 1.82) is 0 Å². The summed E-state index contributed by atoms with van der Waals surface area (Å²) in [6, 6.07) is 0. The molecule has 1 unspecified atom stereocenters. The molecule has 0 heterocycles. The first-order chi connectivity index (χ1) is 11.5. The molecule has 0 saturated carbocycles. The average Bonchev–Trinajstić information content (AvgIpc) is 2.54. The fourth-order valence-corrected chi connectivity index (χ4v) is 2.67. The number of guanidine groups is 1. The van der Waals surface area contributed by atoms with Crippen LogP contribution in [0.2, 0.25) is 0 Å². The Hall–Kier alpha value is -0.810. The number of unbranched alkanes of at least 4 members (excludes halogenated alkanes) is 4. The smallest absolute Gasteiger partial charge is 0.190 e. The average molecular weight is 343 g/mol. The monoisotopic (exact) mass is 342 g/mol. The molecule has 0 aromatic heterocycles. The van der Waals surface area contributed by atoms with E-state index in [1.165, 1.54) is 38.6 Å². The van der Waals surface area contributed by atoms with E-state index in [0.29, 0.717) is 12.0 Å². The largest absolute Gasteiger partial charge is 0.378 e. The van der Waals surface area contributed by atoms with Gasteiger partial charge in [-0.2, -0.15) is 0 Å². The van der Waals surface area contributed by atoms with Gasteiger partial charge < -0.3 is 20.3 Å². The van der Waals surface area contributed by atoms with Gasteiger partial charge in [-0.1, -0.05) is 33.1 Å². The lowest BCUT2D eigenvalue weighted by molar-refractivity contribution is 0.0258. The van der Waals surface area contributed by atoms with E-state index >= 15 is 0 Å². The second kappa shape index (κ2) is 15.7. The van der Waals surface area contributed by atoms with Gasteiger partial charge in [0.1, 0.15) is 0 Å². The van der Waals surface area contributed by atoms with Crippen molar-refractivity contribution in [3.8, 4) is 0 Å². The first kappa shape index (κ1) is 23.2. The zero-order valence-electron chi connectivity index (χ0n) is 17.0. The van der Waals surface area contributed by atoms with Crippen LogP contribution in [-0.2, 0) is 4.74 Å². The molecule has 0 bridgehead atoms. The van der Waals surface area contributed by atoms with Crippen LogP contribution in [0.15, 0.2) is 4.99 Å². The lowest BCUT2D eigenvalue weighted by atomic mass is 10.0. The van der Waals surface area contributed by atoms with Crippen molar-refractivity contribution in [2.24, 2.45) is 10.9 Å². The quantitative estimate of drug-likeness (QED) is 0.289. The molecular formula is C19H42N4O. The minimum atomic E-state index is 0.322. The van der Waals surface area contributed by atoms with Crippen molar-refractivity contribution in [2.45, 2.75) is 65.4 Å². The summed E-state index contributed by atoms with van der Waals surface area (Å²) >= 11 is 0. The van der Waals surface area contributed by atoms with Gasteiger partial charge in [-0.25, -0.2) is 0 Å². The summed E-state index contributed by atoms with van der Waals surface area (Å²) in [5.41, 5.74) is 0. The van der Waals surface area contributed by atoms with E-state index < -0.39 is 0 Å². The van der Waals surface area contributed by atoms with Gasteiger partial charge in [0.05, 0.1) is 6.10 Å². The molecule has 0 aromatic rings. The Morgan fingerprint density at radius 2 is 1.62 bits per heavy atom. The lowest BCUT2D eigenvalue weighted by Gasteiger charge is -2.21. The number of ether oxygens (including phenoxy) is 1. The van der Waals surface area contributed by atoms with Crippen LogP contribution < -0.4 is 10.6 Å². The van der Waals surface area contributed by atoms with Crippen LogP contribution in [0.5, 0.6) is 0 Å². The number of nitrogens with one attached hydrogen (secondary N) is 2. The van der Waals surface area contributed by atoms with Gasteiger partial charge in [-0.05, 0) is 52.7 Å². The van der Waals surface area contributed by atoms with Crippen LogP contribution in [-0.4, -0.2) is 64.3 Å². The molecule has 0 aliphatic carbocycles. The molecule has 0 aromatic carbocycles. The van der Waals surface area contributed by atoms with Crippen molar-refractivity contribution in [3.05, 3.63) is 0 Å². The molecule has 0 aliphatic rings. The Labute approximate surface area is 150 Å². The molecule has 5 nitrogen and oxygen atoms in total. The van der Waals surface area contributed by atoms with Crippen LogP contribution in [0.3, 0.4) is 0 Å². The number of hydrogen-bond acceptors (Lipinski definition) is 3. The van der Waals surface area contributed by atoms with E-state index in [1.54, 1.807) is 0 Å². The highest BCUT2D eigenvalue weighted by atomic mass is 16.5. The Morgan fingerprint density at radius 1 is 1.00 bits per heavy atom. The fourth-order valence-electron chi connectivity index (χ4n) is 2.67. The van der Waals surface area contributed by atoms with Gasteiger partial charge in [0.15, 0.2) is 5.96 Å². The molecule has 0 rings (SSSR count). The van der Waals surface area contributed by atoms with Gasteiger partial charge in [-0.3, -0.25) is 4.99 Å². The molecule has 5 heteroatoms. The van der Waals surface area contributed by atoms with Crippen LogP contribution in [0.4, 0.5) is 0 Å². The van der Waals surface area contributed by atoms with Crippen molar-refractivity contribution in [3.63, 3.8) is 0 Å². The number of hydrogen-bond donors (Lipinski definition) is 2. The first-order valence-corrected chi connectivity index (χ1v) is 9.72. The van der Waals surface area contributed by atoms with Gasteiger partial charge in [0.2, 0.25) is 0 Å². The summed E-state index contributed by atoms with van der Waals surface area (Å²) < 4.78 is 5.78. The Bertz CT molecular complexity index is 306.